The number of amides is 2. The fourth-order valence-corrected chi connectivity index (χ4v) is 7.07. The van der Waals surface area contributed by atoms with Crippen LogP contribution in [0.25, 0.3) is 0 Å². The van der Waals surface area contributed by atoms with Gasteiger partial charge in [0, 0.05) is 26.2 Å². The lowest BCUT2D eigenvalue weighted by molar-refractivity contribution is -0.165. The number of piperidine rings is 1. The van der Waals surface area contributed by atoms with E-state index in [0.29, 0.717) is 44.8 Å². The molecule has 44 heavy (non-hydrogen) atoms. The minimum absolute atomic E-state index is 0.0546. The number of aliphatic hydroxyl groups is 1. The second kappa shape index (κ2) is 14.6. The predicted octanol–water partition coefficient (Wildman–Crippen LogP) is 4.76. The fraction of sp³-hybridized carbons (Fsp3) is 0.571. The van der Waals surface area contributed by atoms with Gasteiger partial charge in [-0.1, -0.05) is 63.3 Å². The SMILES string of the molecule is CCCCN1C(=O)[C@@H]([C@H](O)C2CCCCCC2)NC(=O)C12CCN(Cc1ccc(COc3ccc(C(=O)O)cc3)cc1)CC2. The molecular weight excluding hydrogens is 558 g/mol. The van der Waals surface area contributed by atoms with Crippen molar-refractivity contribution in [2.24, 2.45) is 5.92 Å². The molecule has 238 valence electrons. The fourth-order valence-electron chi connectivity index (χ4n) is 7.07. The summed E-state index contributed by atoms with van der Waals surface area (Å²) in [5.41, 5.74) is 1.54. The van der Waals surface area contributed by atoms with E-state index in [4.69, 9.17) is 9.84 Å². The van der Waals surface area contributed by atoms with Gasteiger partial charge in [-0.05, 0) is 73.4 Å². The van der Waals surface area contributed by atoms with Crippen LogP contribution in [0.3, 0.4) is 0 Å². The van der Waals surface area contributed by atoms with Gasteiger partial charge in [0.15, 0.2) is 0 Å². The molecule has 0 unspecified atom stereocenters. The summed E-state index contributed by atoms with van der Waals surface area (Å²) < 4.78 is 5.81. The molecule has 9 nitrogen and oxygen atoms in total. The number of hydrogen-bond donors (Lipinski definition) is 3. The van der Waals surface area contributed by atoms with E-state index in [1.807, 2.05) is 17.0 Å². The molecule has 1 aliphatic carbocycles. The molecule has 2 saturated heterocycles. The number of carbonyl (C=O) groups is 3. The van der Waals surface area contributed by atoms with Crippen LogP contribution in [-0.4, -0.2) is 75.1 Å². The second-order valence-corrected chi connectivity index (χ2v) is 12.8. The molecule has 2 aromatic carbocycles. The minimum atomic E-state index is -0.964. The molecule has 0 aromatic heterocycles. The number of aliphatic hydroxyl groups excluding tert-OH is 1. The van der Waals surface area contributed by atoms with Crippen molar-refractivity contribution in [1.29, 1.82) is 0 Å². The van der Waals surface area contributed by atoms with Crippen LogP contribution in [0, 0.1) is 5.92 Å². The molecule has 1 saturated carbocycles. The molecule has 2 atom stereocenters. The summed E-state index contributed by atoms with van der Waals surface area (Å²) in [7, 11) is 0. The number of unbranched alkanes of at least 4 members (excludes halogenated alkanes) is 1. The van der Waals surface area contributed by atoms with Crippen molar-refractivity contribution in [3.63, 3.8) is 0 Å². The third kappa shape index (κ3) is 7.26. The molecule has 0 radical (unpaired) electrons. The number of aromatic carboxylic acids is 1. The van der Waals surface area contributed by atoms with Gasteiger partial charge >= 0.3 is 5.97 Å². The maximum Gasteiger partial charge on any atom is 0.335 e. The van der Waals surface area contributed by atoms with Crippen LogP contribution < -0.4 is 10.1 Å². The maximum atomic E-state index is 13.9. The highest BCUT2D eigenvalue weighted by atomic mass is 16.5. The Kier molecular flexibility index (Phi) is 10.6. The van der Waals surface area contributed by atoms with Crippen molar-refractivity contribution < 1.29 is 29.3 Å². The van der Waals surface area contributed by atoms with Crippen LogP contribution in [0.15, 0.2) is 48.5 Å². The van der Waals surface area contributed by atoms with Gasteiger partial charge in [-0.15, -0.1) is 0 Å². The maximum absolute atomic E-state index is 13.9. The van der Waals surface area contributed by atoms with E-state index in [1.54, 1.807) is 12.1 Å². The second-order valence-electron chi connectivity index (χ2n) is 12.8. The molecule has 5 rings (SSSR count). The van der Waals surface area contributed by atoms with E-state index < -0.39 is 23.7 Å². The van der Waals surface area contributed by atoms with Crippen molar-refractivity contribution >= 4 is 17.8 Å². The molecule has 3 fully saturated rings. The monoisotopic (exact) mass is 605 g/mol. The number of carbonyl (C=O) groups excluding carboxylic acids is 2. The number of nitrogens with one attached hydrogen (secondary N) is 1. The molecule has 3 aliphatic rings. The molecule has 2 amide bonds. The number of hydrogen-bond acceptors (Lipinski definition) is 6. The first-order chi connectivity index (χ1) is 21.3. The smallest absolute Gasteiger partial charge is 0.335 e. The highest BCUT2D eigenvalue weighted by Gasteiger charge is 2.55. The Hall–Kier alpha value is -3.43. The number of nitrogens with zero attached hydrogens (tertiary/aromatic N) is 2. The summed E-state index contributed by atoms with van der Waals surface area (Å²) in [5, 5.41) is 23.4. The van der Waals surface area contributed by atoms with Gasteiger partial charge in [0.25, 0.3) is 0 Å². The van der Waals surface area contributed by atoms with Gasteiger partial charge in [0.05, 0.1) is 11.7 Å². The summed E-state index contributed by atoms with van der Waals surface area (Å²) in [6.07, 6.45) is 8.37. The third-order valence-electron chi connectivity index (χ3n) is 9.84. The van der Waals surface area contributed by atoms with Gasteiger partial charge in [-0.3, -0.25) is 14.5 Å². The molecule has 3 N–H and O–H groups in total. The van der Waals surface area contributed by atoms with Gasteiger partial charge in [-0.2, -0.15) is 0 Å². The van der Waals surface area contributed by atoms with Crippen LogP contribution in [0.2, 0.25) is 0 Å². The van der Waals surface area contributed by atoms with Crippen molar-refractivity contribution in [2.75, 3.05) is 19.6 Å². The molecule has 2 heterocycles. The Morgan fingerprint density at radius 1 is 0.977 bits per heavy atom. The van der Waals surface area contributed by atoms with Gasteiger partial charge in [-0.25, -0.2) is 4.79 Å². The van der Waals surface area contributed by atoms with E-state index in [1.165, 1.54) is 25.0 Å². The molecular formula is C35H47N3O6. The quantitative estimate of drug-likeness (QED) is 0.316. The Balaban J connectivity index is 1.17. The van der Waals surface area contributed by atoms with Crippen LogP contribution in [0.1, 0.15) is 92.6 Å². The first-order valence-corrected chi connectivity index (χ1v) is 16.4. The van der Waals surface area contributed by atoms with Crippen LogP contribution in [-0.2, 0) is 22.7 Å². The van der Waals surface area contributed by atoms with E-state index in [2.05, 4.69) is 29.3 Å². The zero-order valence-electron chi connectivity index (χ0n) is 25.9. The molecule has 2 aliphatic heterocycles. The lowest BCUT2D eigenvalue weighted by Crippen LogP contribution is -2.75. The number of carboxylic acids is 1. The summed E-state index contributed by atoms with van der Waals surface area (Å²) in [6.45, 7) is 5.18. The summed E-state index contributed by atoms with van der Waals surface area (Å²) in [4.78, 5) is 42.9. The first kappa shape index (κ1) is 32.0. The largest absolute Gasteiger partial charge is 0.489 e. The molecule has 2 aromatic rings. The first-order valence-electron chi connectivity index (χ1n) is 16.4. The van der Waals surface area contributed by atoms with E-state index in [9.17, 15) is 19.5 Å². The summed E-state index contributed by atoms with van der Waals surface area (Å²) >= 11 is 0. The van der Waals surface area contributed by atoms with Crippen LogP contribution >= 0.6 is 0 Å². The topological polar surface area (TPSA) is 119 Å². The standard InChI is InChI=1S/C35H47N3O6/c1-2-3-20-38-32(40)30(31(39)27-8-6-4-5-7-9-27)36-34(43)35(38)18-21-37(22-19-35)23-25-10-12-26(13-11-25)24-44-29-16-14-28(15-17-29)33(41)42/h10-17,27,30-31,39H,2-9,18-24H2,1H3,(H,36,43)(H,41,42)/t30-,31-/m1/s1. The summed E-state index contributed by atoms with van der Waals surface area (Å²) in [6, 6.07) is 13.8. The third-order valence-corrected chi connectivity index (χ3v) is 9.84. The Morgan fingerprint density at radius 3 is 2.23 bits per heavy atom. The number of likely N-dealkylation sites (tertiary alicyclic amines) is 1. The van der Waals surface area contributed by atoms with Crippen molar-refractivity contribution in [3.05, 3.63) is 65.2 Å². The highest BCUT2D eigenvalue weighted by molar-refractivity contribution is 6.00. The van der Waals surface area contributed by atoms with Crippen molar-refractivity contribution in [2.45, 2.75) is 102 Å². The zero-order valence-corrected chi connectivity index (χ0v) is 25.9. The molecule has 1 spiro atoms. The molecule has 9 heteroatoms. The average Bonchev–Trinajstić information content (AvgIpc) is 3.33. The highest BCUT2D eigenvalue weighted by Crippen LogP contribution is 2.36. The minimum Gasteiger partial charge on any atom is -0.489 e. The van der Waals surface area contributed by atoms with Crippen molar-refractivity contribution in [3.8, 4) is 5.75 Å². The Labute approximate surface area is 260 Å². The van der Waals surface area contributed by atoms with Crippen molar-refractivity contribution in [1.82, 2.24) is 15.1 Å². The number of rotatable bonds is 11. The zero-order chi connectivity index (χ0) is 31.1. The van der Waals surface area contributed by atoms with Crippen LogP contribution in [0.4, 0.5) is 0 Å². The normalized spacial score (nSPS) is 22.0. The van der Waals surface area contributed by atoms with E-state index in [-0.39, 0.29) is 23.3 Å². The van der Waals surface area contributed by atoms with E-state index in [0.717, 1.165) is 56.2 Å². The Morgan fingerprint density at radius 2 is 1.61 bits per heavy atom. The number of carboxylic acid groups (broad SMARTS) is 1. The Bertz CT molecular complexity index is 1260. The van der Waals surface area contributed by atoms with E-state index >= 15 is 0 Å². The number of piperazine rings is 1. The number of benzene rings is 2. The number of ether oxygens (including phenoxy) is 1. The molecule has 0 bridgehead atoms. The van der Waals surface area contributed by atoms with Crippen LogP contribution in [0.5, 0.6) is 5.75 Å². The summed E-state index contributed by atoms with van der Waals surface area (Å²) in [5.74, 6) is -0.510. The lowest BCUT2D eigenvalue weighted by atomic mass is 9.79. The van der Waals surface area contributed by atoms with Gasteiger partial charge in [0.2, 0.25) is 11.8 Å². The average molecular weight is 606 g/mol. The lowest BCUT2D eigenvalue weighted by Gasteiger charge is -2.52. The van der Waals surface area contributed by atoms with Gasteiger partial charge < -0.3 is 25.2 Å². The predicted molar refractivity (Wildman–Crippen MR) is 167 cm³/mol. The van der Waals surface area contributed by atoms with Gasteiger partial charge in [0.1, 0.15) is 23.9 Å².